The third kappa shape index (κ3) is 4.81. The molecule has 4 nitrogen and oxygen atoms in total. The van der Waals surface area contributed by atoms with Crippen LogP contribution >= 0.6 is 23.3 Å². The summed E-state index contributed by atoms with van der Waals surface area (Å²) in [6.45, 7) is 3.92. The molecule has 0 aliphatic carbocycles. The van der Waals surface area contributed by atoms with Crippen LogP contribution in [0.15, 0.2) is 0 Å². The van der Waals surface area contributed by atoms with Crippen LogP contribution in [-0.4, -0.2) is 35.6 Å². The van der Waals surface area contributed by atoms with Crippen molar-refractivity contribution in [1.82, 2.24) is 9.59 Å². The molecule has 6 heteroatoms. The fourth-order valence-electron chi connectivity index (χ4n) is 0.987. The van der Waals surface area contributed by atoms with E-state index in [9.17, 15) is 0 Å². The van der Waals surface area contributed by atoms with Gasteiger partial charge in [0, 0.05) is 36.7 Å². The van der Waals surface area contributed by atoms with Gasteiger partial charge in [0.1, 0.15) is 10.7 Å². The minimum Gasteiger partial charge on any atom is -0.384 e. The van der Waals surface area contributed by atoms with Crippen molar-refractivity contribution in [2.45, 2.75) is 19.1 Å². The van der Waals surface area contributed by atoms with Crippen LogP contribution < -0.4 is 5.32 Å². The van der Waals surface area contributed by atoms with Gasteiger partial charge >= 0.3 is 0 Å². The van der Waals surface area contributed by atoms with Crippen molar-refractivity contribution in [3.8, 4) is 0 Å². The summed E-state index contributed by atoms with van der Waals surface area (Å²) in [6.07, 6.45) is 1.12. The second kappa shape index (κ2) is 7.90. The lowest BCUT2D eigenvalue weighted by Gasteiger charge is -2.03. The Labute approximate surface area is 99.0 Å². The van der Waals surface area contributed by atoms with Gasteiger partial charge in [-0.15, -0.1) is 5.10 Å². The number of anilines is 1. The Hall–Kier alpha value is -0.330. The zero-order chi connectivity index (χ0) is 10.9. The fourth-order valence-corrected chi connectivity index (χ4v) is 2.51. The number of nitrogens with one attached hydrogen (secondary N) is 1. The lowest BCUT2D eigenvalue weighted by molar-refractivity contribution is 0.218. The molecule has 0 amide bonds. The van der Waals surface area contributed by atoms with Crippen LogP contribution in [0.3, 0.4) is 0 Å². The van der Waals surface area contributed by atoms with E-state index in [-0.39, 0.29) is 0 Å². The minimum atomic E-state index is 0.792. The summed E-state index contributed by atoms with van der Waals surface area (Å²) in [7, 11) is 1.72. The maximum absolute atomic E-state index is 4.99. The lowest BCUT2D eigenvalue weighted by Crippen LogP contribution is -2.00. The predicted octanol–water partition coefficient (Wildman–Crippen LogP) is 2.24. The van der Waals surface area contributed by atoms with Gasteiger partial charge in [0.25, 0.3) is 0 Å². The molecule has 0 atom stereocenters. The van der Waals surface area contributed by atoms with E-state index in [0.717, 1.165) is 41.8 Å². The molecule has 0 radical (unpaired) electrons. The van der Waals surface area contributed by atoms with Gasteiger partial charge in [-0.3, -0.25) is 0 Å². The van der Waals surface area contributed by atoms with E-state index in [4.69, 9.17) is 4.74 Å². The molecule has 0 bridgehead atoms. The first-order valence-corrected chi connectivity index (χ1v) is 6.93. The van der Waals surface area contributed by atoms with E-state index in [1.54, 1.807) is 7.11 Å². The summed E-state index contributed by atoms with van der Waals surface area (Å²) < 4.78 is 8.95. The monoisotopic (exact) mass is 247 g/mol. The molecule has 0 spiro atoms. The van der Waals surface area contributed by atoms with Crippen LogP contribution in [0.2, 0.25) is 0 Å². The first-order valence-electron chi connectivity index (χ1n) is 5.00. The highest BCUT2D eigenvalue weighted by atomic mass is 32.2. The number of nitrogens with zero attached hydrogens (tertiary/aromatic N) is 2. The Morgan fingerprint density at radius 3 is 3.13 bits per heavy atom. The van der Waals surface area contributed by atoms with E-state index in [1.165, 1.54) is 11.5 Å². The normalized spacial score (nSPS) is 10.5. The van der Waals surface area contributed by atoms with Crippen molar-refractivity contribution in [3.63, 3.8) is 0 Å². The van der Waals surface area contributed by atoms with Gasteiger partial charge in [-0.2, -0.15) is 11.8 Å². The number of thioether (sulfide) groups is 1. The molecule has 0 aliphatic rings. The van der Waals surface area contributed by atoms with E-state index in [1.807, 2.05) is 11.8 Å². The third-order valence-corrected chi connectivity index (χ3v) is 3.42. The zero-order valence-electron chi connectivity index (χ0n) is 9.15. The molecule has 0 fully saturated rings. The van der Waals surface area contributed by atoms with Crippen molar-refractivity contribution in [3.05, 3.63) is 5.69 Å². The molecule has 1 rings (SSSR count). The summed E-state index contributed by atoms with van der Waals surface area (Å²) in [5.41, 5.74) is 1.06. The highest BCUT2D eigenvalue weighted by molar-refractivity contribution is 7.98. The Morgan fingerprint density at radius 1 is 1.53 bits per heavy atom. The van der Waals surface area contributed by atoms with Crippen LogP contribution in [-0.2, 0) is 10.5 Å². The van der Waals surface area contributed by atoms with Gasteiger partial charge < -0.3 is 10.1 Å². The van der Waals surface area contributed by atoms with Crippen LogP contribution in [0.1, 0.15) is 19.0 Å². The van der Waals surface area contributed by atoms with Crippen molar-refractivity contribution < 1.29 is 4.74 Å². The standard InChI is InChI=1S/C9H17N3OS2/c1-3-4-10-9-8(11-12-15-9)7-14-6-5-13-2/h10H,3-7H2,1-2H3. The summed E-state index contributed by atoms with van der Waals surface area (Å²) >= 11 is 3.26. The van der Waals surface area contributed by atoms with Gasteiger partial charge in [-0.25, -0.2) is 0 Å². The topological polar surface area (TPSA) is 47.0 Å². The molecule has 0 saturated heterocycles. The lowest BCUT2D eigenvalue weighted by atomic mass is 10.4. The molecule has 0 aliphatic heterocycles. The quantitative estimate of drug-likeness (QED) is 0.714. The Morgan fingerprint density at radius 2 is 2.40 bits per heavy atom. The first kappa shape index (κ1) is 12.7. The average molecular weight is 247 g/mol. The van der Waals surface area contributed by atoms with Gasteiger partial charge in [0.05, 0.1) is 6.61 Å². The number of hydrogen-bond acceptors (Lipinski definition) is 6. The number of rotatable bonds is 8. The number of aromatic nitrogens is 2. The van der Waals surface area contributed by atoms with Crippen LogP contribution in [0.5, 0.6) is 0 Å². The molecule has 0 aromatic carbocycles. The van der Waals surface area contributed by atoms with Gasteiger partial charge in [0.15, 0.2) is 0 Å². The maximum atomic E-state index is 4.99. The summed E-state index contributed by atoms with van der Waals surface area (Å²) in [5.74, 6) is 1.91. The first-order chi connectivity index (χ1) is 7.38. The average Bonchev–Trinajstić information content (AvgIpc) is 2.69. The second-order valence-electron chi connectivity index (χ2n) is 3.02. The van der Waals surface area contributed by atoms with E-state index < -0.39 is 0 Å². The predicted molar refractivity (Wildman–Crippen MR) is 66.7 cm³/mol. The molecular formula is C9H17N3OS2. The SMILES string of the molecule is CCCNc1snnc1CSCCOC. The molecule has 1 aromatic heterocycles. The van der Waals surface area contributed by atoms with Crippen LogP contribution in [0, 0.1) is 0 Å². The van der Waals surface area contributed by atoms with Crippen LogP contribution in [0.25, 0.3) is 0 Å². The fraction of sp³-hybridized carbons (Fsp3) is 0.778. The van der Waals surface area contributed by atoms with Crippen molar-refractivity contribution in [2.24, 2.45) is 0 Å². The van der Waals surface area contributed by atoms with Crippen molar-refractivity contribution >= 4 is 28.3 Å². The molecule has 86 valence electrons. The minimum absolute atomic E-state index is 0.792. The largest absolute Gasteiger partial charge is 0.384 e. The number of methoxy groups -OCH3 is 1. The van der Waals surface area contributed by atoms with Gasteiger partial charge in [-0.1, -0.05) is 11.4 Å². The number of ether oxygens (including phenoxy) is 1. The summed E-state index contributed by atoms with van der Waals surface area (Å²) in [6, 6.07) is 0. The number of hydrogen-bond donors (Lipinski definition) is 1. The van der Waals surface area contributed by atoms with Gasteiger partial charge in [0.2, 0.25) is 0 Å². The smallest absolute Gasteiger partial charge is 0.134 e. The van der Waals surface area contributed by atoms with Crippen LogP contribution in [0.4, 0.5) is 5.00 Å². The second-order valence-corrected chi connectivity index (χ2v) is 4.88. The molecule has 15 heavy (non-hydrogen) atoms. The zero-order valence-corrected chi connectivity index (χ0v) is 10.8. The van der Waals surface area contributed by atoms with Crippen molar-refractivity contribution in [1.29, 1.82) is 0 Å². The molecule has 1 N–H and O–H groups in total. The van der Waals surface area contributed by atoms with E-state index >= 15 is 0 Å². The van der Waals surface area contributed by atoms with Gasteiger partial charge in [-0.05, 0) is 6.42 Å². The molecular weight excluding hydrogens is 230 g/mol. The summed E-state index contributed by atoms with van der Waals surface area (Å²) in [5, 5.41) is 8.56. The molecule has 1 heterocycles. The van der Waals surface area contributed by atoms with Crippen molar-refractivity contribution in [2.75, 3.05) is 31.3 Å². The molecule has 0 saturated carbocycles. The molecule has 1 aromatic rings. The summed E-state index contributed by atoms with van der Waals surface area (Å²) in [4.78, 5) is 0. The molecule has 0 unspecified atom stereocenters. The van der Waals surface area contributed by atoms with E-state index in [0.29, 0.717) is 0 Å². The highest BCUT2D eigenvalue weighted by Gasteiger charge is 2.06. The Balaban J connectivity index is 2.29. The maximum Gasteiger partial charge on any atom is 0.134 e. The Kier molecular flexibility index (Phi) is 6.71. The Bertz CT molecular complexity index is 268. The third-order valence-electron chi connectivity index (χ3n) is 1.76. The highest BCUT2D eigenvalue weighted by Crippen LogP contribution is 2.22. The van der Waals surface area contributed by atoms with E-state index in [2.05, 4.69) is 21.8 Å².